The van der Waals surface area contributed by atoms with Gasteiger partial charge in [0.1, 0.15) is 0 Å². The van der Waals surface area contributed by atoms with E-state index < -0.39 is 0 Å². The molecule has 23 heavy (non-hydrogen) atoms. The van der Waals surface area contributed by atoms with Crippen molar-refractivity contribution in [1.29, 1.82) is 0 Å². The molecule has 1 aliphatic carbocycles. The zero-order chi connectivity index (χ0) is 15.6. The number of fused-ring (bicyclic) bond motifs is 1. The number of benzene rings is 1. The van der Waals surface area contributed by atoms with Crippen molar-refractivity contribution in [3.05, 3.63) is 59.3 Å². The summed E-state index contributed by atoms with van der Waals surface area (Å²) in [6.07, 6.45) is 3.34. The van der Waals surface area contributed by atoms with Gasteiger partial charge in [-0.05, 0) is 36.5 Å². The first kappa shape index (κ1) is 14.2. The summed E-state index contributed by atoms with van der Waals surface area (Å²) < 4.78 is 5.75. The molecule has 0 bridgehead atoms. The summed E-state index contributed by atoms with van der Waals surface area (Å²) in [6, 6.07) is 13.4. The van der Waals surface area contributed by atoms with Crippen LogP contribution >= 0.6 is 0 Å². The fraction of sp³-hybridized carbons (Fsp3) is 0.368. The number of pyridine rings is 1. The van der Waals surface area contributed by atoms with Gasteiger partial charge in [-0.1, -0.05) is 24.3 Å². The molecule has 1 aliphatic heterocycles. The average Bonchev–Trinajstić information content (AvgIpc) is 3.44. The third-order valence-corrected chi connectivity index (χ3v) is 4.49. The lowest BCUT2D eigenvalue weighted by Crippen LogP contribution is -2.36. The number of nitrogens with zero attached hydrogens (tertiary/aromatic N) is 2. The summed E-state index contributed by atoms with van der Waals surface area (Å²) in [5, 5.41) is 0. The Hall–Kier alpha value is -2.36. The van der Waals surface area contributed by atoms with Crippen LogP contribution in [0, 0.1) is 5.92 Å². The maximum atomic E-state index is 12.5. The van der Waals surface area contributed by atoms with Crippen molar-refractivity contribution in [3.63, 3.8) is 0 Å². The molecule has 4 rings (SSSR count). The predicted molar refractivity (Wildman–Crippen MR) is 87.3 cm³/mol. The van der Waals surface area contributed by atoms with Crippen molar-refractivity contribution in [2.24, 2.45) is 5.92 Å². The fourth-order valence-corrected chi connectivity index (χ4v) is 2.90. The Morgan fingerprint density at radius 1 is 1.17 bits per heavy atom. The molecule has 118 valence electrons. The van der Waals surface area contributed by atoms with Crippen LogP contribution in [0.3, 0.4) is 0 Å². The molecule has 0 unspecified atom stereocenters. The van der Waals surface area contributed by atoms with Gasteiger partial charge in [0.15, 0.2) is 0 Å². The lowest BCUT2D eigenvalue weighted by Gasteiger charge is -2.28. The van der Waals surface area contributed by atoms with E-state index in [1.54, 1.807) is 0 Å². The molecule has 4 heteroatoms. The summed E-state index contributed by atoms with van der Waals surface area (Å²) in [6.45, 7) is 2.11. The van der Waals surface area contributed by atoms with Gasteiger partial charge >= 0.3 is 0 Å². The van der Waals surface area contributed by atoms with Crippen molar-refractivity contribution in [2.45, 2.75) is 25.8 Å². The van der Waals surface area contributed by atoms with Crippen LogP contribution in [-0.4, -0.2) is 28.9 Å². The first-order valence-electron chi connectivity index (χ1n) is 8.25. The molecule has 0 spiro atoms. The maximum absolute atomic E-state index is 12.5. The molecule has 1 saturated carbocycles. The second-order valence-electron chi connectivity index (χ2n) is 6.35. The third kappa shape index (κ3) is 3.21. The van der Waals surface area contributed by atoms with E-state index >= 15 is 0 Å². The van der Waals surface area contributed by atoms with Crippen molar-refractivity contribution < 1.29 is 9.53 Å². The van der Waals surface area contributed by atoms with Gasteiger partial charge < -0.3 is 9.64 Å². The van der Waals surface area contributed by atoms with Crippen molar-refractivity contribution in [3.8, 4) is 5.88 Å². The van der Waals surface area contributed by atoms with Gasteiger partial charge in [0, 0.05) is 31.1 Å². The average molecular weight is 308 g/mol. The number of hydrogen-bond acceptors (Lipinski definition) is 3. The molecule has 0 saturated heterocycles. The van der Waals surface area contributed by atoms with Crippen LogP contribution in [0.1, 0.15) is 34.5 Å². The van der Waals surface area contributed by atoms with E-state index in [1.165, 1.54) is 12.8 Å². The fourth-order valence-electron chi connectivity index (χ4n) is 2.90. The molecule has 2 aromatic rings. The Morgan fingerprint density at radius 3 is 2.78 bits per heavy atom. The van der Waals surface area contributed by atoms with Crippen LogP contribution in [0.2, 0.25) is 0 Å². The smallest absolute Gasteiger partial charge is 0.254 e. The topological polar surface area (TPSA) is 42.4 Å². The first-order valence-corrected chi connectivity index (χ1v) is 8.25. The summed E-state index contributed by atoms with van der Waals surface area (Å²) >= 11 is 0. The van der Waals surface area contributed by atoms with Gasteiger partial charge in [0.25, 0.3) is 5.91 Å². The van der Waals surface area contributed by atoms with E-state index in [0.717, 1.165) is 41.6 Å². The van der Waals surface area contributed by atoms with Crippen molar-refractivity contribution in [1.82, 2.24) is 9.88 Å². The summed E-state index contributed by atoms with van der Waals surface area (Å²) in [5.41, 5.74) is 2.93. The Morgan fingerprint density at radius 2 is 2.00 bits per heavy atom. The standard InChI is InChI=1S/C19H20N2O2/c22-19(15-4-2-1-3-5-15)21-11-10-17-16(12-21)8-9-18(20-17)23-13-14-6-7-14/h1-5,8-9,14H,6-7,10-13H2. The van der Waals surface area contributed by atoms with Crippen LogP contribution < -0.4 is 4.74 Å². The highest BCUT2D eigenvalue weighted by Crippen LogP contribution is 2.29. The van der Waals surface area contributed by atoms with Gasteiger partial charge in [0.05, 0.1) is 12.3 Å². The minimum absolute atomic E-state index is 0.0882. The third-order valence-electron chi connectivity index (χ3n) is 4.49. The molecule has 0 atom stereocenters. The van der Waals surface area contributed by atoms with E-state index in [4.69, 9.17) is 4.74 Å². The van der Waals surface area contributed by atoms with Gasteiger partial charge in [-0.3, -0.25) is 4.79 Å². The van der Waals surface area contributed by atoms with Gasteiger partial charge in [0.2, 0.25) is 5.88 Å². The number of carbonyl (C=O) groups is 1. The highest BCUT2D eigenvalue weighted by molar-refractivity contribution is 5.94. The van der Waals surface area contributed by atoms with E-state index in [-0.39, 0.29) is 5.91 Å². The molecule has 1 fully saturated rings. The summed E-state index contributed by atoms with van der Waals surface area (Å²) in [4.78, 5) is 19.1. The zero-order valence-corrected chi connectivity index (χ0v) is 13.1. The molecule has 0 N–H and O–H groups in total. The SMILES string of the molecule is O=C(c1ccccc1)N1CCc2nc(OCC3CC3)ccc2C1. The van der Waals surface area contributed by atoms with E-state index in [9.17, 15) is 4.79 Å². The molecular formula is C19H20N2O2. The molecule has 2 heterocycles. The second-order valence-corrected chi connectivity index (χ2v) is 6.35. The summed E-state index contributed by atoms with van der Waals surface area (Å²) in [7, 11) is 0. The Labute approximate surface area is 136 Å². The van der Waals surface area contributed by atoms with Gasteiger partial charge in [-0.2, -0.15) is 0 Å². The Balaban J connectivity index is 1.45. The van der Waals surface area contributed by atoms with Crippen LogP contribution in [0.15, 0.2) is 42.5 Å². The largest absolute Gasteiger partial charge is 0.477 e. The Kier molecular flexibility index (Phi) is 3.74. The molecular weight excluding hydrogens is 288 g/mol. The number of ether oxygens (including phenoxy) is 1. The van der Waals surface area contributed by atoms with Crippen LogP contribution in [0.25, 0.3) is 0 Å². The lowest BCUT2D eigenvalue weighted by molar-refractivity contribution is 0.0733. The van der Waals surface area contributed by atoms with Gasteiger partial charge in [-0.15, -0.1) is 0 Å². The maximum Gasteiger partial charge on any atom is 0.254 e. The predicted octanol–water partition coefficient (Wildman–Crippen LogP) is 3.07. The number of carbonyl (C=O) groups excluding carboxylic acids is 1. The number of rotatable bonds is 4. The second kappa shape index (κ2) is 6.03. The quantitative estimate of drug-likeness (QED) is 0.872. The molecule has 0 radical (unpaired) electrons. The van der Waals surface area contributed by atoms with Crippen LogP contribution in [-0.2, 0) is 13.0 Å². The molecule has 1 aromatic carbocycles. The normalized spacial score (nSPS) is 16.8. The molecule has 4 nitrogen and oxygen atoms in total. The van der Waals surface area contributed by atoms with E-state index in [0.29, 0.717) is 13.1 Å². The monoisotopic (exact) mass is 308 g/mol. The summed E-state index contributed by atoms with van der Waals surface area (Å²) in [5.74, 6) is 1.54. The first-order chi connectivity index (χ1) is 11.3. The number of hydrogen-bond donors (Lipinski definition) is 0. The van der Waals surface area contributed by atoms with Crippen LogP contribution in [0.5, 0.6) is 5.88 Å². The molecule has 2 aliphatic rings. The van der Waals surface area contributed by atoms with E-state index in [2.05, 4.69) is 11.1 Å². The molecule has 1 amide bonds. The lowest BCUT2D eigenvalue weighted by atomic mass is 10.0. The highest BCUT2D eigenvalue weighted by atomic mass is 16.5. The molecule has 1 aromatic heterocycles. The Bertz CT molecular complexity index is 711. The zero-order valence-electron chi connectivity index (χ0n) is 13.1. The van der Waals surface area contributed by atoms with Gasteiger partial charge in [-0.25, -0.2) is 4.98 Å². The highest BCUT2D eigenvalue weighted by Gasteiger charge is 2.24. The van der Waals surface area contributed by atoms with Crippen molar-refractivity contribution in [2.75, 3.05) is 13.2 Å². The minimum atomic E-state index is 0.0882. The van der Waals surface area contributed by atoms with E-state index in [1.807, 2.05) is 41.3 Å². The number of aromatic nitrogens is 1. The number of amides is 1. The van der Waals surface area contributed by atoms with Crippen LogP contribution in [0.4, 0.5) is 0 Å². The minimum Gasteiger partial charge on any atom is -0.477 e. The van der Waals surface area contributed by atoms with Crippen molar-refractivity contribution >= 4 is 5.91 Å².